The van der Waals surface area contributed by atoms with Crippen LogP contribution in [0.3, 0.4) is 0 Å². The summed E-state index contributed by atoms with van der Waals surface area (Å²) >= 11 is 7.04. The first kappa shape index (κ1) is 18.1. The first-order chi connectivity index (χ1) is 9.06. The zero-order chi connectivity index (χ0) is 14.3. The van der Waals surface area contributed by atoms with Gasteiger partial charge < -0.3 is 0 Å². The van der Waals surface area contributed by atoms with Crippen LogP contribution in [-0.2, 0) is 26.4 Å². The standard InChI is InChI=1S/C7H13I2N.C6H8N2.Pt/c8-10(9)7-5-3-1-2-4-6-7;1-3-8-5-4-7(2)6-8;/h7H,1-6H2;3-5H,1H2,2H3;. The summed E-state index contributed by atoms with van der Waals surface area (Å²) in [5.74, 6) is 0. The predicted octanol–water partition coefficient (Wildman–Crippen LogP) is 4.72. The van der Waals surface area contributed by atoms with Crippen molar-refractivity contribution in [2.75, 3.05) is 0 Å². The molecule has 1 heterocycles. The molecular formula is C13H21I2N3Pt. The monoisotopic (exact) mass is 668 g/mol. The van der Waals surface area contributed by atoms with Crippen molar-refractivity contribution in [2.24, 2.45) is 7.05 Å². The summed E-state index contributed by atoms with van der Waals surface area (Å²) in [6.45, 7) is 3.65. The van der Waals surface area contributed by atoms with Gasteiger partial charge in [0, 0.05) is 51.8 Å². The summed E-state index contributed by atoms with van der Waals surface area (Å²) < 4.78 is 7.47. The van der Waals surface area contributed by atoms with Gasteiger partial charge in [-0.15, -0.1) is 0 Å². The van der Waals surface area contributed by atoms with E-state index in [9.17, 15) is 0 Å². The molecule has 1 aliphatic rings. The van der Waals surface area contributed by atoms with E-state index in [0.29, 0.717) is 0 Å². The molecule has 19 heavy (non-hydrogen) atoms. The molecule has 0 N–H and O–H groups in total. The van der Waals surface area contributed by atoms with E-state index in [4.69, 9.17) is 0 Å². The molecule has 1 saturated carbocycles. The summed E-state index contributed by atoms with van der Waals surface area (Å²) in [6, 6.07) is 0.851. The van der Waals surface area contributed by atoms with Crippen molar-refractivity contribution < 1.29 is 19.4 Å². The molecule has 1 fully saturated rings. The van der Waals surface area contributed by atoms with Crippen molar-refractivity contribution in [1.82, 2.24) is 10.5 Å². The van der Waals surface area contributed by atoms with Crippen LogP contribution < -0.4 is 0 Å². The van der Waals surface area contributed by atoms with Crippen LogP contribution in [0.25, 0.3) is 6.20 Å². The Morgan fingerprint density at radius 1 is 1.26 bits per heavy atom. The molecule has 0 saturated heterocycles. The minimum absolute atomic E-state index is 0.851. The molecular weight excluding hydrogens is 647 g/mol. The quantitative estimate of drug-likeness (QED) is 0.253. The first-order valence-electron chi connectivity index (χ1n) is 6.48. The van der Waals surface area contributed by atoms with Crippen LogP contribution in [0.4, 0.5) is 0 Å². The van der Waals surface area contributed by atoms with E-state index in [1.54, 1.807) is 6.20 Å². The fraction of sp³-hybridized carbons (Fsp3) is 0.615. The van der Waals surface area contributed by atoms with E-state index in [-0.39, 0.29) is 0 Å². The summed E-state index contributed by atoms with van der Waals surface area (Å²) in [6.07, 6.45) is 14.3. The van der Waals surface area contributed by atoms with Crippen LogP contribution >= 0.6 is 45.7 Å². The largest absolute Gasteiger partial charge is 0.185 e. The van der Waals surface area contributed by atoms with Crippen molar-refractivity contribution in [3.8, 4) is 0 Å². The van der Waals surface area contributed by atoms with Crippen molar-refractivity contribution >= 4 is 51.9 Å². The molecule has 3 nitrogen and oxygen atoms in total. The number of rotatable bonds is 2. The number of aromatic nitrogens is 2. The fourth-order valence-electron chi connectivity index (χ4n) is 2.05. The number of aryl methyl sites for hydroxylation is 1. The van der Waals surface area contributed by atoms with Crippen molar-refractivity contribution in [3.05, 3.63) is 22.8 Å². The zero-order valence-corrected chi connectivity index (χ0v) is 17.8. The normalized spacial score (nSPS) is 16.7. The second kappa shape index (κ2) is 9.90. The second-order valence-corrected chi connectivity index (χ2v) is 9.59. The number of imidazole rings is 1. The Bertz CT molecular complexity index is 431. The Balaban J connectivity index is 0.000000191. The molecule has 0 bridgehead atoms. The number of hydrogen-bond acceptors (Lipinski definition) is 1. The molecule has 0 aromatic carbocycles. The Labute approximate surface area is 154 Å². The minimum Gasteiger partial charge on any atom is -0.185 e. The third kappa shape index (κ3) is 6.57. The summed E-state index contributed by atoms with van der Waals surface area (Å²) in [5, 5.41) is 0. The maximum atomic E-state index is 3.65. The zero-order valence-electron chi connectivity index (χ0n) is 11.2. The van der Waals surface area contributed by atoms with Gasteiger partial charge in [0.1, 0.15) is 0 Å². The maximum absolute atomic E-state index is 3.65. The van der Waals surface area contributed by atoms with Gasteiger partial charge in [-0.2, -0.15) is 1.33 Å². The van der Waals surface area contributed by atoms with Crippen molar-refractivity contribution in [3.63, 3.8) is 0 Å². The SMILES string of the molecule is C=Cn1ccn(C)[c]1=[Pt].IN(I)C1CCCCCC1. The Kier molecular flexibility index (Phi) is 9.43. The van der Waals surface area contributed by atoms with Gasteiger partial charge in [0.05, 0.1) is 0 Å². The van der Waals surface area contributed by atoms with Gasteiger partial charge in [-0.05, 0) is 12.8 Å². The molecule has 112 valence electrons. The molecule has 0 amide bonds. The van der Waals surface area contributed by atoms with Gasteiger partial charge in [0.2, 0.25) is 0 Å². The van der Waals surface area contributed by atoms with E-state index in [2.05, 4.69) is 73.0 Å². The molecule has 6 heteroatoms. The third-order valence-electron chi connectivity index (χ3n) is 3.21. The maximum Gasteiger partial charge on any atom is 0.0311 e. The Morgan fingerprint density at radius 3 is 2.16 bits per heavy atom. The van der Waals surface area contributed by atoms with Gasteiger partial charge in [-0.1, -0.05) is 25.7 Å². The molecule has 0 aliphatic heterocycles. The third-order valence-corrected chi connectivity index (χ3v) is 6.18. The van der Waals surface area contributed by atoms with Crippen LogP contribution in [0.1, 0.15) is 38.5 Å². The molecule has 0 spiro atoms. The van der Waals surface area contributed by atoms with E-state index in [1.807, 2.05) is 28.6 Å². The van der Waals surface area contributed by atoms with Crippen LogP contribution in [0.15, 0.2) is 19.0 Å². The van der Waals surface area contributed by atoms with E-state index in [1.165, 1.54) is 38.5 Å². The number of halogens is 2. The molecule has 0 atom stereocenters. The van der Waals surface area contributed by atoms with Crippen LogP contribution in [0, 0.1) is 3.80 Å². The first-order valence-corrected chi connectivity index (χ1v) is 9.55. The molecule has 0 unspecified atom stereocenters. The van der Waals surface area contributed by atoms with Crippen molar-refractivity contribution in [1.29, 1.82) is 0 Å². The van der Waals surface area contributed by atoms with Crippen LogP contribution in [0.2, 0.25) is 0 Å². The molecule has 2 rings (SSSR count). The van der Waals surface area contributed by atoms with Gasteiger partial charge >= 0.3 is 64.5 Å². The van der Waals surface area contributed by atoms with Crippen LogP contribution in [-0.4, -0.2) is 16.5 Å². The Morgan fingerprint density at radius 2 is 1.84 bits per heavy atom. The van der Waals surface area contributed by atoms with Gasteiger partial charge in [-0.25, -0.2) is 0 Å². The van der Waals surface area contributed by atoms with Gasteiger partial charge in [-0.3, -0.25) is 0 Å². The molecule has 0 radical (unpaired) electrons. The van der Waals surface area contributed by atoms with E-state index >= 15 is 0 Å². The smallest absolute Gasteiger partial charge is 0.0311 e. The summed E-state index contributed by atoms with van der Waals surface area (Å²) in [4.78, 5) is 0. The van der Waals surface area contributed by atoms with Crippen molar-refractivity contribution in [2.45, 2.75) is 44.6 Å². The predicted molar refractivity (Wildman–Crippen MR) is 94.4 cm³/mol. The topological polar surface area (TPSA) is 13.1 Å². The average molecular weight is 668 g/mol. The second-order valence-electron chi connectivity index (χ2n) is 4.64. The van der Waals surface area contributed by atoms with E-state index < -0.39 is 0 Å². The molecule has 1 aliphatic carbocycles. The summed E-state index contributed by atoms with van der Waals surface area (Å²) in [7, 11) is 2.00. The summed E-state index contributed by atoms with van der Waals surface area (Å²) in [5.41, 5.74) is 0. The minimum atomic E-state index is 0.851. The molecule has 1 aromatic rings. The average Bonchev–Trinajstić information content (AvgIpc) is 2.64. The van der Waals surface area contributed by atoms with Gasteiger partial charge in [0.25, 0.3) is 0 Å². The van der Waals surface area contributed by atoms with Gasteiger partial charge in [0.15, 0.2) is 0 Å². The van der Waals surface area contributed by atoms with Crippen LogP contribution in [0.5, 0.6) is 0 Å². The van der Waals surface area contributed by atoms with E-state index in [0.717, 1.165) is 9.85 Å². The molecule has 1 aromatic heterocycles. The number of nitrogens with zero attached hydrogens (tertiary/aromatic N) is 3. The fourth-order valence-corrected chi connectivity index (χ4v) is 3.71. The Hall–Kier alpha value is 1.06. The number of hydrogen-bond donors (Lipinski definition) is 0.